The average molecular weight is 397 g/mol. The van der Waals surface area contributed by atoms with Crippen molar-refractivity contribution in [2.45, 2.75) is 19.4 Å². The van der Waals surface area contributed by atoms with Crippen LogP contribution in [0.3, 0.4) is 0 Å². The first-order valence-electron chi connectivity index (χ1n) is 9.12. The van der Waals surface area contributed by atoms with Gasteiger partial charge in [0, 0.05) is 18.7 Å². The summed E-state index contributed by atoms with van der Waals surface area (Å²) in [6.07, 6.45) is -0.998. The van der Waals surface area contributed by atoms with Crippen molar-refractivity contribution in [3.8, 4) is 11.5 Å². The number of aliphatic hydroxyl groups is 1. The van der Waals surface area contributed by atoms with Crippen molar-refractivity contribution in [2.75, 3.05) is 20.8 Å². The molecule has 7 nitrogen and oxygen atoms in total. The zero-order valence-electron chi connectivity index (χ0n) is 16.5. The molecule has 1 atom stereocenters. The number of nitrogens with one attached hydrogen (secondary N) is 1. The van der Waals surface area contributed by atoms with Crippen LogP contribution in [-0.4, -0.2) is 31.8 Å². The van der Waals surface area contributed by atoms with Gasteiger partial charge in [0.1, 0.15) is 17.1 Å². The second kappa shape index (κ2) is 8.79. The fourth-order valence-corrected chi connectivity index (χ4v) is 3.19. The van der Waals surface area contributed by atoms with Gasteiger partial charge in [0.2, 0.25) is 5.91 Å². The van der Waals surface area contributed by atoms with E-state index in [1.165, 1.54) is 14.2 Å². The first-order chi connectivity index (χ1) is 13.9. The van der Waals surface area contributed by atoms with Crippen LogP contribution in [0.15, 0.2) is 51.7 Å². The lowest BCUT2D eigenvalue weighted by molar-refractivity contribution is -0.120. The van der Waals surface area contributed by atoms with Gasteiger partial charge < -0.3 is 24.3 Å². The monoisotopic (exact) mass is 397 g/mol. The zero-order valence-corrected chi connectivity index (χ0v) is 16.5. The lowest BCUT2D eigenvalue weighted by Crippen LogP contribution is -2.31. The molecule has 152 valence electrons. The minimum absolute atomic E-state index is 0.0430. The Morgan fingerprint density at radius 2 is 1.90 bits per heavy atom. The number of fused-ring (bicyclic) bond motifs is 1. The molecule has 0 spiro atoms. The second-order valence-electron chi connectivity index (χ2n) is 6.60. The molecule has 1 aromatic heterocycles. The Hall–Kier alpha value is -3.32. The Morgan fingerprint density at radius 1 is 1.17 bits per heavy atom. The van der Waals surface area contributed by atoms with E-state index in [1.807, 2.05) is 18.2 Å². The Kier molecular flexibility index (Phi) is 6.19. The molecule has 1 amide bonds. The molecule has 0 bridgehead atoms. The van der Waals surface area contributed by atoms with Gasteiger partial charge in [-0.1, -0.05) is 30.3 Å². The summed E-state index contributed by atoms with van der Waals surface area (Å²) in [7, 11) is 3.02. The van der Waals surface area contributed by atoms with Crippen molar-refractivity contribution in [3.63, 3.8) is 0 Å². The molecule has 0 aliphatic heterocycles. The van der Waals surface area contributed by atoms with Gasteiger partial charge in [0.25, 0.3) is 0 Å². The molecule has 0 radical (unpaired) electrons. The number of methoxy groups -OCH3 is 2. The summed E-state index contributed by atoms with van der Waals surface area (Å²) in [6, 6.07) is 12.3. The summed E-state index contributed by atoms with van der Waals surface area (Å²) in [4.78, 5) is 24.9. The maximum atomic E-state index is 12.5. The molecule has 0 fully saturated rings. The van der Waals surface area contributed by atoms with Crippen LogP contribution in [0.25, 0.3) is 11.0 Å². The number of aliphatic hydroxyl groups excluding tert-OH is 1. The molecule has 0 saturated carbocycles. The van der Waals surface area contributed by atoms with Gasteiger partial charge in [-0.25, -0.2) is 4.79 Å². The third-order valence-corrected chi connectivity index (χ3v) is 4.79. The van der Waals surface area contributed by atoms with Crippen LogP contribution in [0.4, 0.5) is 0 Å². The van der Waals surface area contributed by atoms with E-state index in [0.29, 0.717) is 33.6 Å². The summed E-state index contributed by atoms with van der Waals surface area (Å²) in [5.41, 5.74) is 1.28. The van der Waals surface area contributed by atoms with Crippen LogP contribution >= 0.6 is 0 Å². The van der Waals surface area contributed by atoms with Gasteiger partial charge in [-0.3, -0.25) is 4.79 Å². The largest absolute Gasteiger partial charge is 0.496 e. The molecule has 0 aliphatic rings. The second-order valence-corrected chi connectivity index (χ2v) is 6.60. The highest BCUT2D eigenvalue weighted by Crippen LogP contribution is 2.33. The van der Waals surface area contributed by atoms with Crippen molar-refractivity contribution in [3.05, 3.63) is 69.6 Å². The maximum Gasteiger partial charge on any atom is 0.340 e. The molecule has 0 saturated heterocycles. The number of hydrogen-bond acceptors (Lipinski definition) is 6. The summed E-state index contributed by atoms with van der Waals surface area (Å²) in [5.74, 6) is 0.598. The third-order valence-electron chi connectivity index (χ3n) is 4.79. The lowest BCUT2D eigenvalue weighted by atomic mass is 10.0. The fourth-order valence-electron chi connectivity index (χ4n) is 3.19. The Labute approximate surface area is 167 Å². The maximum absolute atomic E-state index is 12.5. The van der Waals surface area contributed by atoms with E-state index in [2.05, 4.69) is 5.32 Å². The van der Waals surface area contributed by atoms with E-state index in [9.17, 15) is 14.7 Å². The van der Waals surface area contributed by atoms with Crippen molar-refractivity contribution >= 4 is 16.9 Å². The van der Waals surface area contributed by atoms with Crippen LogP contribution in [-0.2, 0) is 11.2 Å². The molecule has 1 heterocycles. The lowest BCUT2D eigenvalue weighted by Gasteiger charge is -2.14. The van der Waals surface area contributed by atoms with Gasteiger partial charge in [-0.05, 0) is 18.1 Å². The average Bonchev–Trinajstić information content (AvgIpc) is 2.74. The number of rotatable bonds is 7. The quantitative estimate of drug-likeness (QED) is 0.595. The number of hydrogen-bond donors (Lipinski definition) is 2. The topological polar surface area (TPSA) is 98.0 Å². The van der Waals surface area contributed by atoms with Gasteiger partial charge in [0.05, 0.1) is 37.7 Å². The Balaban J connectivity index is 1.82. The van der Waals surface area contributed by atoms with Crippen molar-refractivity contribution in [1.29, 1.82) is 0 Å². The van der Waals surface area contributed by atoms with E-state index >= 15 is 0 Å². The number of carbonyl (C=O) groups is 1. The number of aryl methyl sites for hydroxylation is 1. The highest BCUT2D eigenvalue weighted by molar-refractivity contribution is 5.90. The standard InChI is InChI=1S/C22H23NO6/c1-13-16(11-20(25)23-12-17(24)14-7-5-4-6-8-14)22(26)29-19-10-15(27-2)9-18(28-3)21(13)19/h4-10,17,24H,11-12H2,1-3H3,(H,23,25)/t17-/m1/s1. The van der Waals surface area contributed by atoms with Crippen molar-refractivity contribution < 1.29 is 23.8 Å². The zero-order chi connectivity index (χ0) is 21.0. The van der Waals surface area contributed by atoms with Gasteiger partial charge in [-0.15, -0.1) is 0 Å². The molecule has 2 aromatic carbocycles. The predicted octanol–water partition coefficient (Wildman–Crippen LogP) is 2.51. The van der Waals surface area contributed by atoms with E-state index in [1.54, 1.807) is 31.2 Å². The molecular weight excluding hydrogens is 374 g/mol. The van der Waals surface area contributed by atoms with Gasteiger partial charge >= 0.3 is 5.63 Å². The molecule has 0 unspecified atom stereocenters. The van der Waals surface area contributed by atoms with Crippen molar-refractivity contribution in [2.24, 2.45) is 0 Å². The minimum Gasteiger partial charge on any atom is -0.496 e. The minimum atomic E-state index is -0.832. The first kappa shape index (κ1) is 20.4. The van der Waals surface area contributed by atoms with E-state index < -0.39 is 11.7 Å². The van der Waals surface area contributed by atoms with Crippen LogP contribution in [0.2, 0.25) is 0 Å². The predicted molar refractivity (Wildman–Crippen MR) is 108 cm³/mol. The molecule has 7 heteroatoms. The SMILES string of the molecule is COc1cc(OC)c2c(C)c(CC(=O)NC[C@@H](O)c3ccccc3)c(=O)oc2c1. The highest BCUT2D eigenvalue weighted by atomic mass is 16.5. The van der Waals surface area contributed by atoms with Crippen molar-refractivity contribution in [1.82, 2.24) is 5.32 Å². The van der Waals surface area contributed by atoms with E-state index in [4.69, 9.17) is 13.9 Å². The summed E-state index contributed by atoms with van der Waals surface area (Å²) in [6.45, 7) is 1.79. The molecule has 0 aliphatic carbocycles. The molecule has 3 rings (SSSR count). The number of amides is 1. The normalized spacial score (nSPS) is 11.9. The summed E-state index contributed by atoms with van der Waals surface area (Å²) < 4.78 is 16.0. The summed E-state index contributed by atoms with van der Waals surface area (Å²) >= 11 is 0. The first-order valence-corrected chi connectivity index (χ1v) is 9.12. The summed E-state index contributed by atoms with van der Waals surface area (Å²) in [5, 5.41) is 13.4. The number of ether oxygens (including phenoxy) is 2. The molecule has 3 aromatic rings. The van der Waals surface area contributed by atoms with Crippen LogP contribution in [0.5, 0.6) is 11.5 Å². The molecule has 29 heavy (non-hydrogen) atoms. The highest BCUT2D eigenvalue weighted by Gasteiger charge is 2.19. The van der Waals surface area contributed by atoms with Crippen LogP contribution in [0.1, 0.15) is 22.8 Å². The van der Waals surface area contributed by atoms with Gasteiger partial charge in [0.15, 0.2) is 0 Å². The van der Waals surface area contributed by atoms with Crippen LogP contribution < -0.4 is 20.4 Å². The Morgan fingerprint density at radius 3 is 2.55 bits per heavy atom. The fraction of sp³-hybridized carbons (Fsp3) is 0.273. The molecular formula is C22H23NO6. The van der Waals surface area contributed by atoms with Gasteiger partial charge in [-0.2, -0.15) is 0 Å². The third kappa shape index (κ3) is 4.41. The van der Waals surface area contributed by atoms with Crippen LogP contribution in [0, 0.1) is 6.92 Å². The van der Waals surface area contributed by atoms with E-state index in [-0.39, 0.29) is 24.4 Å². The number of benzene rings is 2. The smallest absolute Gasteiger partial charge is 0.340 e. The number of carbonyl (C=O) groups excluding carboxylic acids is 1. The molecule has 2 N–H and O–H groups in total. The van der Waals surface area contributed by atoms with E-state index in [0.717, 1.165) is 0 Å². The Bertz CT molecular complexity index is 1070.